The summed E-state index contributed by atoms with van der Waals surface area (Å²) in [5.41, 5.74) is 1.71. The first-order chi connectivity index (χ1) is 9.47. The van der Waals surface area contributed by atoms with Gasteiger partial charge in [0.25, 0.3) is 5.69 Å². The molecule has 0 atom stereocenters. The maximum Gasteiger partial charge on any atom is 0.292 e. The molecule has 4 nitrogen and oxygen atoms in total. The highest BCUT2D eigenvalue weighted by Gasteiger charge is 2.13. The van der Waals surface area contributed by atoms with E-state index in [1.807, 2.05) is 6.92 Å². The second kappa shape index (κ2) is 6.00. The van der Waals surface area contributed by atoms with Crippen LogP contribution in [0, 0.1) is 22.9 Å². The van der Waals surface area contributed by atoms with Crippen LogP contribution in [0.2, 0.25) is 0 Å². The summed E-state index contributed by atoms with van der Waals surface area (Å²) in [5, 5.41) is 13.9. The first kappa shape index (κ1) is 14.5. The van der Waals surface area contributed by atoms with Gasteiger partial charge >= 0.3 is 0 Å². The Morgan fingerprint density at radius 3 is 2.70 bits per heavy atom. The van der Waals surface area contributed by atoms with Crippen molar-refractivity contribution in [2.75, 3.05) is 5.32 Å². The average Bonchev–Trinajstić information content (AvgIpc) is 2.37. The number of nitrogens with zero attached hydrogens (tertiary/aromatic N) is 1. The molecule has 6 heteroatoms. The fraction of sp³-hybridized carbons (Fsp3) is 0.143. The van der Waals surface area contributed by atoms with Crippen LogP contribution in [0.3, 0.4) is 0 Å². The van der Waals surface area contributed by atoms with E-state index in [9.17, 15) is 14.5 Å². The molecule has 1 N–H and O–H groups in total. The lowest BCUT2D eigenvalue weighted by Gasteiger charge is -2.09. The zero-order valence-electron chi connectivity index (χ0n) is 10.7. The Balaban J connectivity index is 2.22. The lowest BCUT2D eigenvalue weighted by Crippen LogP contribution is -2.04. The minimum absolute atomic E-state index is 0.0203. The van der Waals surface area contributed by atoms with Crippen LogP contribution in [0.4, 0.5) is 15.8 Å². The first-order valence-electron chi connectivity index (χ1n) is 5.90. The number of anilines is 1. The number of nitro groups is 1. The van der Waals surface area contributed by atoms with Crippen molar-refractivity contribution in [1.82, 2.24) is 0 Å². The van der Waals surface area contributed by atoms with E-state index < -0.39 is 4.92 Å². The quantitative estimate of drug-likeness (QED) is 0.663. The highest BCUT2D eigenvalue weighted by molar-refractivity contribution is 9.10. The normalized spacial score (nSPS) is 10.3. The first-order valence-corrected chi connectivity index (χ1v) is 6.69. The van der Waals surface area contributed by atoms with Crippen LogP contribution in [0.15, 0.2) is 40.9 Å². The molecule has 0 radical (unpaired) electrons. The Labute approximate surface area is 123 Å². The van der Waals surface area contributed by atoms with Crippen molar-refractivity contribution in [2.45, 2.75) is 13.5 Å². The van der Waals surface area contributed by atoms with Crippen molar-refractivity contribution in [2.24, 2.45) is 0 Å². The molecule has 0 aromatic heterocycles. The van der Waals surface area contributed by atoms with Crippen molar-refractivity contribution < 1.29 is 9.31 Å². The van der Waals surface area contributed by atoms with E-state index in [1.165, 1.54) is 12.1 Å². The number of benzene rings is 2. The highest BCUT2D eigenvalue weighted by atomic mass is 79.9. The van der Waals surface area contributed by atoms with Crippen LogP contribution in [-0.4, -0.2) is 4.92 Å². The minimum Gasteiger partial charge on any atom is -0.375 e. The van der Waals surface area contributed by atoms with Crippen LogP contribution in [0.1, 0.15) is 11.1 Å². The maximum atomic E-state index is 13.7. The summed E-state index contributed by atoms with van der Waals surface area (Å²) in [5.74, 6) is -0.359. The second-order valence-corrected chi connectivity index (χ2v) is 5.28. The number of nitro benzene ring substituents is 1. The third kappa shape index (κ3) is 3.33. The molecule has 0 aliphatic carbocycles. The molecule has 0 unspecified atom stereocenters. The molecule has 104 valence electrons. The lowest BCUT2D eigenvalue weighted by molar-refractivity contribution is -0.384. The van der Waals surface area contributed by atoms with E-state index in [4.69, 9.17) is 0 Å². The molecular formula is C14H12BrFN2O2. The molecule has 20 heavy (non-hydrogen) atoms. The van der Waals surface area contributed by atoms with E-state index in [1.54, 1.807) is 24.3 Å². The monoisotopic (exact) mass is 338 g/mol. The predicted octanol–water partition coefficient (Wildman–Crippen LogP) is 4.42. The third-order valence-electron chi connectivity index (χ3n) is 2.83. The molecule has 0 amide bonds. The number of hydrogen-bond donors (Lipinski definition) is 1. The van der Waals surface area contributed by atoms with Gasteiger partial charge in [0.1, 0.15) is 11.5 Å². The van der Waals surface area contributed by atoms with Crippen LogP contribution in [0.5, 0.6) is 0 Å². The summed E-state index contributed by atoms with van der Waals surface area (Å²) < 4.78 is 14.3. The zero-order chi connectivity index (χ0) is 14.7. The zero-order valence-corrected chi connectivity index (χ0v) is 12.3. The Hall–Kier alpha value is -1.95. The highest BCUT2D eigenvalue weighted by Crippen LogP contribution is 2.26. The maximum absolute atomic E-state index is 13.7. The number of aryl methyl sites for hydroxylation is 1. The third-order valence-corrected chi connectivity index (χ3v) is 3.33. The van der Waals surface area contributed by atoms with Crippen molar-refractivity contribution in [1.29, 1.82) is 0 Å². The molecule has 0 heterocycles. The van der Waals surface area contributed by atoms with Gasteiger partial charge in [-0.25, -0.2) is 4.39 Å². The molecule has 0 aliphatic rings. The van der Waals surface area contributed by atoms with Gasteiger partial charge < -0.3 is 5.32 Å². The van der Waals surface area contributed by atoms with E-state index in [0.29, 0.717) is 15.7 Å². The number of rotatable bonds is 4. The summed E-state index contributed by atoms with van der Waals surface area (Å²) in [6.45, 7) is 2.03. The summed E-state index contributed by atoms with van der Waals surface area (Å²) in [4.78, 5) is 10.5. The smallest absolute Gasteiger partial charge is 0.292 e. The van der Waals surface area contributed by atoms with Crippen LogP contribution in [0.25, 0.3) is 0 Å². The van der Waals surface area contributed by atoms with Gasteiger partial charge in [-0.1, -0.05) is 28.1 Å². The Morgan fingerprint density at radius 2 is 2.05 bits per heavy atom. The molecule has 0 fully saturated rings. The summed E-state index contributed by atoms with van der Waals surface area (Å²) >= 11 is 3.18. The SMILES string of the molecule is Cc1ccc([N+](=O)[O-])c(NCc2ccc(Br)cc2F)c1. The summed E-state index contributed by atoms with van der Waals surface area (Å²) in [6, 6.07) is 9.51. The largest absolute Gasteiger partial charge is 0.375 e. The average molecular weight is 339 g/mol. The number of halogens is 2. The van der Waals surface area contributed by atoms with Gasteiger partial charge in [-0.2, -0.15) is 0 Å². The van der Waals surface area contributed by atoms with E-state index >= 15 is 0 Å². The molecule has 0 spiro atoms. The van der Waals surface area contributed by atoms with Gasteiger partial charge in [-0.05, 0) is 30.7 Å². The van der Waals surface area contributed by atoms with E-state index in [2.05, 4.69) is 21.2 Å². The van der Waals surface area contributed by atoms with Crippen LogP contribution < -0.4 is 5.32 Å². The van der Waals surface area contributed by atoms with Gasteiger partial charge in [0.15, 0.2) is 0 Å². The molecule has 0 saturated carbocycles. The van der Waals surface area contributed by atoms with Crippen molar-refractivity contribution >= 4 is 27.3 Å². The molecule has 2 rings (SSSR count). The van der Waals surface area contributed by atoms with Crippen LogP contribution >= 0.6 is 15.9 Å². The summed E-state index contributed by atoms with van der Waals surface area (Å²) in [6.07, 6.45) is 0. The number of nitrogens with one attached hydrogen (secondary N) is 1. The molecule has 0 aliphatic heterocycles. The number of hydrogen-bond acceptors (Lipinski definition) is 3. The van der Waals surface area contributed by atoms with E-state index in [-0.39, 0.29) is 18.0 Å². The fourth-order valence-corrected chi connectivity index (χ4v) is 2.14. The topological polar surface area (TPSA) is 55.2 Å². The molecule has 2 aromatic rings. The lowest BCUT2D eigenvalue weighted by atomic mass is 10.1. The summed E-state index contributed by atoms with van der Waals surface area (Å²) in [7, 11) is 0. The second-order valence-electron chi connectivity index (χ2n) is 4.37. The van der Waals surface area contributed by atoms with Gasteiger partial charge in [-0.3, -0.25) is 10.1 Å². The Bertz CT molecular complexity index is 662. The van der Waals surface area contributed by atoms with Crippen molar-refractivity contribution in [3.05, 3.63) is 67.9 Å². The van der Waals surface area contributed by atoms with Gasteiger partial charge in [0, 0.05) is 22.6 Å². The van der Waals surface area contributed by atoms with Gasteiger partial charge in [-0.15, -0.1) is 0 Å². The fourth-order valence-electron chi connectivity index (χ4n) is 1.81. The van der Waals surface area contributed by atoms with E-state index in [0.717, 1.165) is 5.56 Å². The molecule has 0 saturated heterocycles. The molecular weight excluding hydrogens is 327 g/mol. The Morgan fingerprint density at radius 1 is 1.30 bits per heavy atom. The van der Waals surface area contributed by atoms with Crippen molar-refractivity contribution in [3.8, 4) is 0 Å². The van der Waals surface area contributed by atoms with Crippen molar-refractivity contribution in [3.63, 3.8) is 0 Å². The standard InChI is InChI=1S/C14H12BrFN2O2/c1-9-2-5-14(18(19)20)13(6-9)17-8-10-3-4-11(15)7-12(10)16/h2-7,17H,8H2,1H3. The minimum atomic E-state index is -0.459. The Kier molecular flexibility index (Phi) is 4.34. The predicted molar refractivity (Wildman–Crippen MR) is 79.3 cm³/mol. The molecule has 0 bridgehead atoms. The molecule has 2 aromatic carbocycles. The van der Waals surface area contributed by atoms with Gasteiger partial charge in [0.05, 0.1) is 4.92 Å². The van der Waals surface area contributed by atoms with Crippen LogP contribution in [-0.2, 0) is 6.54 Å². The van der Waals surface area contributed by atoms with Gasteiger partial charge in [0.2, 0.25) is 0 Å².